The summed E-state index contributed by atoms with van der Waals surface area (Å²) >= 11 is 0. The molecule has 0 spiro atoms. The fourth-order valence-corrected chi connectivity index (χ4v) is 1.68. The summed E-state index contributed by atoms with van der Waals surface area (Å²) in [5.74, 6) is 0. The van der Waals surface area contributed by atoms with Gasteiger partial charge in [-0.05, 0) is 24.6 Å². The van der Waals surface area contributed by atoms with Gasteiger partial charge in [0.05, 0.1) is 10.6 Å². The highest BCUT2D eigenvalue weighted by atomic mass is 35.7. The Balaban J connectivity index is 3.41. The van der Waals surface area contributed by atoms with Crippen LogP contribution in [-0.2, 0) is 13.8 Å². The molecule has 4 nitrogen and oxygen atoms in total. The van der Waals surface area contributed by atoms with Crippen molar-refractivity contribution in [2.75, 3.05) is 0 Å². The van der Waals surface area contributed by atoms with Crippen molar-refractivity contribution in [2.45, 2.75) is 11.8 Å². The summed E-state index contributed by atoms with van der Waals surface area (Å²) in [5, 5.41) is 0. The molecule has 6 heteroatoms. The monoisotopic (exact) mass is 231 g/mol. The first kappa shape index (κ1) is 10.9. The lowest BCUT2D eigenvalue weighted by atomic mass is 10.2. The highest BCUT2D eigenvalue weighted by Crippen LogP contribution is 2.24. The molecule has 1 aromatic carbocycles. The first-order valence-corrected chi connectivity index (χ1v) is 5.89. The molecule has 1 rings (SSSR count). The molecule has 0 aliphatic heterocycles. The maximum atomic E-state index is 10.9. The normalized spacial score (nSPS) is 10.7. The van der Waals surface area contributed by atoms with E-state index in [0.29, 0.717) is 5.56 Å². The van der Waals surface area contributed by atoms with E-state index < -0.39 is 9.05 Å². The van der Waals surface area contributed by atoms with E-state index in [1.54, 1.807) is 6.92 Å². The zero-order chi connectivity index (χ0) is 10.8. The number of aryl methyl sites for hydroxylation is 1. The molecule has 0 aromatic heterocycles. The summed E-state index contributed by atoms with van der Waals surface area (Å²) in [4.78, 5) is 13.3. The number of aliphatic imine (C=N–C) groups is 1. The van der Waals surface area contributed by atoms with Crippen molar-refractivity contribution in [3.63, 3.8) is 0 Å². The van der Waals surface area contributed by atoms with E-state index >= 15 is 0 Å². The van der Waals surface area contributed by atoms with Crippen LogP contribution in [0.2, 0.25) is 0 Å². The van der Waals surface area contributed by atoms with Gasteiger partial charge < -0.3 is 0 Å². The molecule has 0 bridgehead atoms. The molecule has 0 saturated heterocycles. The van der Waals surface area contributed by atoms with Gasteiger partial charge in [-0.15, -0.1) is 0 Å². The lowest BCUT2D eigenvalue weighted by Crippen LogP contribution is -1.90. The van der Waals surface area contributed by atoms with Gasteiger partial charge in [0.1, 0.15) is 0 Å². The Morgan fingerprint density at radius 1 is 1.43 bits per heavy atom. The van der Waals surface area contributed by atoms with Gasteiger partial charge in [0.2, 0.25) is 6.08 Å². The standard InChI is InChI=1S/C8H6ClNO3S/c1-6-2-3-7(14(9,12)13)4-8(6)10-5-11/h2-4H,1H3. The van der Waals surface area contributed by atoms with Crippen molar-refractivity contribution >= 4 is 31.5 Å². The van der Waals surface area contributed by atoms with E-state index in [0.717, 1.165) is 0 Å². The van der Waals surface area contributed by atoms with Crippen molar-refractivity contribution < 1.29 is 13.2 Å². The number of nitrogens with zero attached hydrogens (tertiary/aromatic N) is 1. The molecular weight excluding hydrogens is 226 g/mol. The molecule has 0 radical (unpaired) electrons. The first-order valence-electron chi connectivity index (χ1n) is 3.58. The van der Waals surface area contributed by atoms with Gasteiger partial charge in [-0.1, -0.05) is 6.07 Å². The number of carbonyl (C=O) groups excluding carboxylic acids is 1. The Hall–Kier alpha value is -1.16. The second kappa shape index (κ2) is 3.92. The van der Waals surface area contributed by atoms with Crippen LogP contribution in [0, 0.1) is 6.92 Å². The van der Waals surface area contributed by atoms with Crippen molar-refractivity contribution in [3.8, 4) is 0 Å². The van der Waals surface area contributed by atoms with Crippen LogP contribution in [0.1, 0.15) is 5.56 Å². The SMILES string of the molecule is Cc1ccc(S(=O)(=O)Cl)cc1N=C=O. The van der Waals surface area contributed by atoms with E-state index in [1.165, 1.54) is 24.3 Å². The third-order valence-electron chi connectivity index (χ3n) is 1.63. The molecule has 0 aliphatic carbocycles. The molecule has 14 heavy (non-hydrogen) atoms. The summed E-state index contributed by atoms with van der Waals surface area (Å²) in [6, 6.07) is 4.09. The van der Waals surface area contributed by atoms with Crippen LogP contribution in [0.4, 0.5) is 5.69 Å². The van der Waals surface area contributed by atoms with E-state index in [-0.39, 0.29) is 10.6 Å². The predicted molar refractivity (Wildman–Crippen MR) is 52.0 cm³/mol. The van der Waals surface area contributed by atoms with Gasteiger partial charge in [-0.25, -0.2) is 13.2 Å². The number of isocyanates is 1. The minimum absolute atomic E-state index is 0.0845. The van der Waals surface area contributed by atoms with Crippen LogP contribution in [0.15, 0.2) is 28.1 Å². The Kier molecular flexibility index (Phi) is 3.06. The van der Waals surface area contributed by atoms with Gasteiger partial charge in [0, 0.05) is 10.7 Å². The van der Waals surface area contributed by atoms with Crippen molar-refractivity contribution in [2.24, 2.45) is 4.99 Å². The Morgan fingerprint density at radius 3 is 2.57 bits per heavy atom. The zero-order valence-electron chi connectivity index (χ0n) is 7.19. The van der Waals surface area contributed by atoms with Gasteiger partial charge >= 0.3 is 0 Å². The third-order valence-corrected chi connectivity index (χ3v) is 2.98. The predicted octanol–water partition coefficient (Wildman–Crippen LogP) is 1.89. The summed E-state index contributed by atoms with van der Waals surface area (Å²) in [5.41, 5.74) is 0.930. The van der Waals surface area contributed by atoms with E-state index in [4.69, 9.17) is 10.7 Å². The number of halogens is 1. The van der Waals surface area contributed by atoms with Crippen LogP contribution in [0.3, 0.4) is 0 Å². The Labute approximate surface area is 85.7 Å². The van der Waals surface area contributed by atoms with Crippen LogP contribution < -0.4 is 0 Å². The highest BCUT2D eigenvalue weighted by Gasteiger charge is 2.11. The number of hydrogen-bond donors (Lipinski definition) is 0. The number of benzene rings is 1. The van der Waals surface area contributed by atoms with Crippen LogP contribution in [0.25, 0.3) is 0 Å². The quantitative estimate of drug-likeness (QED) is 0.444. The zero-order valence-corrected chi connectivity index (χ0v) is 8.76. The first-order chi connectivity index (χ1) is 6.45. The van der Waals surface area contributed by atoms with Crippen LogP contribution in [-0.4, -0.2) is 14.5 Å². The molecule has 0 amide bonds. The van der Waals surface area contributed by atoms with E-state index in [9.17, 15) is 13.2 Å². The van der Waals surface area contributed by atoms with E-state index in [1.807, 2.05) is 0 Å². The van der Waals surface area contributed by atoms with Gasteiger partial charge in [0.25, 0.3) is 9.05 Å². The summed E-state index contributed by atoms with van der Waals surface area (Å²) in [7, 11) is 1.34. The lowest BCUT2D eigenvalue weighted by Gasteiger charge is -2.00. The van der Waals surface area contributed by atoms with Gasteiger partial charge in [0.15, 0.2) is 0 Å². The molecule has 0 atom stereocenters. The summed E-state index contributed by atoms with van der Waals surface area (Å²) < 4.78 is 21.9. The minimum atomic E-state index is -3.78. The van der Waals surface area contributed by atoms with E-state index in [2.05, 4.69) is 4.99 Å². The molecule has 0 unspecified atom stereocenters. The van der Waals surface area contributed by atoms with Gasteiger partial charge in [-0.2, -0.15) is 4.99 Å². The Bertz CT molecular complexity index is 503. The molecule has 0 fully saturated rings. The second-order valence-electron chi connectivity index (χ2n) is 2.59. The maximum Gasteiger partial charge on any atom is 0.261 e. The number of rotatable bonds is 2. The topological polar surface area (TPSA) is 63.6 Å². The summed E-state index contributed by atoms with van der Waals surface area (Å²) in [6.45, 7) is 1.70. The Morgan fingerprint density at radius 2 is 2.07 bits per heavy atom. The molecule has 1 aromatic rings. The van der Waals surface area contributed by atoms with Crippen LogP contribution >= 0.6 is 10.7 Å². The molecule has 0 saturated carbocycles. The molecule has 0 heterocycles. The fourth-order valence-electron chi connectivity index (χ4n) is 0.910. The average molecular weight is 232 g/mol. The van der Waals surface area contributed by atoms with Gasteiger partial charge in [-0.3, -0.25) is 0 Å². The van der Waals surface area contributed by atoms with Crippen molar-refractivity contribution in [1.82, 2.24) is 0 Å². The molecular formula is C8H6ClNO3S. The fraction of sp³-hybridized carbons (Fsp3) is 0.125. The smallest absolute Gasteiger partial charge is 0.211 e. The molecule has 0 aliphatic rings. The number of hydrogen-bond acceptors (Lipinski definition) is 4. The maximum absolute atomic E-state index is 10.9. The van der Waals surface area contributed by atoms with Crippen molar-refractivity contribution in [1.29, 1.82) is 0 Å². The van der Waals surface area contributed by atoms with Crippen LogP contribution in [0.5, 0.6) is 0 Å². The second-order valence-corrected chi connectivity index (χ2v) is 5.16. The van der Waals surface area contributed by atoms with Crippen molar-refractivity contribution in [3.05, 3.63) is 23.8 Å². The summed E-state index contributed by atoms with van der Waals surface area (Å²) in [6.07, 6.45) is 1.34. The molecule has 0 N–H and O–H groups in total. The third kappa shape index (κ3) is 2.42. The lowest BCUT2D eigenvalue weighted by molar-refractivity contribution is 0.565. The minimum Gasteiger partial charge on any atom is -0.211 e. The largest absolute Gasteiger partial charge is 0.261 e. The molecule has 74 valence electrons. The highest BCUT2D eigenvalue weighted by molar-refractivity contribution is 8.13. The average Bonchev–Trinajstić information content (AvgIpc) is 2.07.